The molecule has 0 unspecified atom stereocenters. The van der Waals surface area contributed by atoms with Crippen molar-refractivity contribution < 1.29 is 0 Å². The number of unbranched alkanes of at least 4 members (excludes halogenated alkanes) is 2. The van der Waals surface area contributed by atoms with Crippen molar-refractivity contribution in [2.24, 2.45) is 0 Å². The fraction of sp³-hybridized carbons (Fsp3) is 0.385. The molecular formula is C13H16ClN3S. The number of hydrogen-bond acceptors (Lipinski definition) is 3. The van der Waals surface area contributed by atoms with Crippen molar-refractivity contribution in [3.8, 4) is 0 Å². The summed E-state index contributed by atoms with van der Waals surface area (Å²) in [6.07, 6.45) is 10.9. The summed E-state index contributed by atoms with van der Waals surface area (Å²) in [5.74, 6) is 1.10. The van der Waals surface area contributed by atoms with Crippen LogP contribution in [-0.2, 0) is 6.54 Å². The van der Waals surface area contributed by atoms with Gasteiger partial charge in [0.2, 0.25) is 0 Å². The number of aryl methyl sites for hydroxylation is 1. The fourth-order valence-corrected chi connectivity index (χ4v) is 2.85. The highest BCUT2D eigenvalue weighted by molar-refractivity contribution is 7.99. The van der Waals surface area contributed by atoms with E-state index in [1.807, 2.05) is 29.2 Å². The molecule has 0 bridgehead atoms. The van der Waals surface area contributed by atoms with Crippen LogP contribution in [0.2, 0.25) is 5.02 Å². The maximum absolute atomic E-state index is 6.04. The van der Waals surface area contributed by atoms with Gasteiger partial charge in [-0.15, -0.1) is 11.8 Å². The number of halogens is 1. The Morgan fingerprint density at radius 3 is 2.94 bits per heavy atom. The molecular weight excluding hydrogens is 266 g/mol. The first-order valence-electron chi connectivity index (χ1n) is 6.06. The summed E-state index contributed by atoms with van der Waals surface area (Å²) >= 11 is 7.84. The van der Waals surface area contributed by atoms with Crippen molar-refractivity contribution in [3.05, 3.63) is 41.9 Å². The Balaban J connectivity index is 1.58. The molecule has 0 aliphatic heterocycles. The Kier molecular flexibility index (Phi) is 5.55. The van der Waals surface area contributed by atoms with Crippen molar-refractivity contribution in [3.63, 3.8) is 0 Å². The molecule has 0 spiro atoms. The second-order valence-electron chi connectivity index (χ2n) is 3.98. The number of thioether (sulfide) groups is 1. The van der Waals surface area contributed by atoms with E-state index in [0.717, 1.165) is 22.2 Å². The van der Waals surface area contributed by atoms with Gasteiger partial charge in [-0.25, -0.2) is 0 Å². The van der Waals surface area contributed by atoms with Gasteiger partial charge >= 0.3 is 0 Å². The SMILES string of the molecule is Clc1cnccc1SCCCCCn1cccn1. The molecule has 0 aliphatic carbocycles. The zero-order valence-electron chi connectivity index (χ0n) is 10.1. The van der Waals surface area contributed by atoms with Crippen LogP contribution in [0.15, 0.2) is 41.8 Å². The molecule has 0 atom stereocenters. The highest BCUT2D eigenvalue weighted by Crippen LogP contribution is 2.26. The molecule has 18 heavy (non-hydrogen) atoms. The lowest BCUT2D eigenvalue weighted by molar-refractivity contribution is 0.554. The van der Waals surface area contributed by atoms with Crippen LogP contribution in [0.25, 0.3) is 0 Å². The summed E-state index contributed by atoms with van der Waals surface area (Å²) in [6.45, 7) is 1.01. The third-order valence-electron chi connectivity index (χ3n) is 2.58. The summed E-state index contributed by atoms with van der Waals surface area (Å²) in [5, 5.41) is 4.93. The van der Waals surface area contributed by atoms with Gasteiger partial charge in [-0.3, -0.25) is 9.67 Å². The Morgan fingerprint density at radius 1 is 1.22 bits per heavy atom. The molecule has 2 aromatic rings. The van der Waals surface area contributed by atoms with Crippen molar-refractivity contribution in [2.75, 3.05) is 5.75 Å². The maximum Gasteiger partial charge on any atom is 0.0725 e. The van der Waals surface area contributed by atoms with E-state index in [2.05, 4.69) is 10.1 Å². The predicted octanol–water partition coefficient (Wildman–Crippen LogP) is 3.89. The maximum atomic E-state index is 6.04. The van der Waals surface area contributed by atoms with E-state index in [4.69, 9.17) is 11.6 Å². The second-order valence-corrected chi connectivity index (χ2v) is 5.53. The second kappa shape index (κ2) is 7.44. The topological polar surface area (TPSA) is 30.7 Å². The minimum atomic E-state index is 0.749. The average Bonchev–Trinajstić information content (AvgIpc) is 2.89. The highest BCUT2D eigenvalue weighted by atomic mass is 35.5. The fourth-order valence-electron chi connectivity index (χ4n) is 1.65. The number of hydrogen-bond donors (Lipinski definition) is 0. The van der Waals surface area contributed by atoms with Crippen molar-refractivity contribution in [1.82, 2.24) is 14.8 Å². The van der Waals surface area contributed by atoms with Gasteiger partial charge in [-0.2, -0.15) is 5.10 Å². The Labute approximate surface area is 117 Å². The van der Waals surface area contributed by atoms with Gasteiger partial charge in [-0.1, -0.05) is 18.0 Å². The minimum Gasteiger partial charge on any atom is -0.273 e. The van der Waals surface area contributed by atoms with Crippen LogP contribution in [0.4, 0.5) is 0 Å². The van der Waals surface area contributed by atoms with Gasteiger partial charge in [0.1, 0.15) is 0 Å². The largest absolute Gasteiger partial charge is 0.273 e. The van der Waals surface area contributed by atoms with Crippen LogP contribution in [0.1, 0.15) is 19.3 Å². The first-order chi connectivity index (χ1) is 8.86. The molecule has 0 fully saturated rings. The van der Waals surface area contributed by atoms with Crippen LogP contribution >= 0.6 is 23.4 Å². The van der Waals surface area contributed by atoms with E-state index in [9.17, 15) is 0 Å². The molecule has 0 saturated carbocycles. The summed E-state index contributed by atoms with van der Waals surface area (Å²) in [7, 11) is 0. The first-order valence-corrected chi connectivity index (χ1v) is 7.42. The van der Waals surface area contributed by atoms with Gasteiger partial charge in [0.25, 0.3) is 0 Å². The molecule has 0 amide bonds. The zero-order chi connectivity index (χ0) is 12.6. The molecule has 0 saturated heterocycles. The molecule has 0 radical (unpaired) electrons. The number of aromatic nitrogens is 3. The zero-order valence-corrected chi connectivity index (χ0v) is 11.7. The van der Waals surface area contributed by atoms with E-state index in [0.29, 0.717) is 0 Å². The standard InChI is InChI=1S/C13H16ClN3S/c14-12-11-15-7-5-13(12)18-10-3-1-2-8-17-9-4-6-16-17/h4-7,9,11H,1-3,8,10H2. The van der Waals surface area contributed by atoms with Crippen molar-refractivity contribution in [1.29, 1.82) is 0 Å². The average molecular weight is 282 g/mol. The summed E-state index contributed by atoms with van der Waals surface area (Å²) in [4.78, 5) is 5.10. The molecule has 2 rings (SSSR count). The van der Waals surface area contributed by atoms with E-state index in [1.165, 1.54) is 19.3 Å². The molecule has 5 heteroatoms. The number of rotatable bonds is 7. The van der Waals surface area contributed by atoms with Gasteiger partial charge < -0.3 is 0 Å². The number of nitrogens with zero attached hydrogens (tertiary/aromatic N) is 3. The third kappa shape index (κ3) is 4.35. The van der Waals surface area contributed by atoms with Crippen LogP contribution in [0.5, 0.6) is 0 Å². The molecule has 0 N–H and O–H groups in total. The van der Waals surface area contributed by atoms with Crippen LogP contribution in [0.3, 0.4) is 0 Å². The van der Waals surface area contributed by atoms with Gasteiger partial charge in [0, 0.05) is 36.2 Å². The van der Waals surface area contributed by atoms with Crippen LogP contribution in [0, 0.1) is 0 Å². The quantitative estimate of drug-likeness (QED) is 0.570. The lowest BCUT2D eigenvalue weighted by atomic mass is 10.2. The lowest BCUT2D eigenvalue weighted by Crippen LogP contribution is -1.98. The smallest absolute Gasteiger partial charge is 0.0725 e. The molecule has 2 aromatic heterocycles. The van der Waals surface area contributed by atoms with Gasteiger partial charge in [0.05, 0.1) is 5.02 Å². The Hall–Kier alpha value is -1.00. The van der Waals surface area contributed by atoms with E-state index >= 15 is 0 Å². The van der Waals surface area contributed by atoms with Crippen LogP contribution < -0.4 is 0 Å². The minimum absolute atomic E-state index is 0.749. The summed E-state index contributed by atoms with van der Waals surface area (Å²) in [6, 6.07) is 3.93. The Morgan fingerprint density at radius 2 is 2.17 bits per heavy atom. The van der Waals surface area contributed by atoms with Crippen molar-refractivity contribution in [2.45, 2.75) is 30.7 Å². The molecule has 0 aliphatic rings. The van der Waals surface area contributed by atoms with E-state index in [-0.39, 0.29) is 0 Å². The molecule has 0 aromatic carbocycles. The monoisotopic (exact) mass is 281 g/mol. The Bertz CT molecular complexity index is 459. The van der Waals surface area contributed by atoms with Gasteiger partial charge in [-0.05, 0) is 30.7 Å². The van der Waals surface area contributed by atoms with Crippen LogP contribution in [-0.4, -0.2) is 20.5 Å². The predicted molar refractivity (Wildman–Crippen MR) is 76.0 cm³/mol. The highest BCUT2D eigenvalue weighted by Gasteiger charge is 1.99. The van der Waals surface area contributed by atoms with Gasteiger partial charge in [0.15, 0.2) is 0 Å². The van der Waals surface area contributed by atoms with E-state index < -0.39 is 0 Å². The van der Waals surface area contributed by atoms with E-state index in [1.54, 1.807) is 24.2 Å². The first kappa shape index (κ1) is 13.4. The third-order valence-corrected chi connectivity index (χ3v) is 4.16. The lowest BCUT2D eigenvalue weighted by Gasteiger charge is -2.04. The number of pyridine rings is 1. The summed E-state index contributed by atoms with van der Waals surface area (Å²) < 4.78 is 1.98. The normalized spacial score (nSPS) is 10.7. The molecule has 2 heterocycles. The molecule has 96 valence electrons. The molecule has 3 nitrogen and oxygen atoms in total. The summed E-state index contributed by atoms with van der Waals surface area (Å²) in [5.41, 5.74) is 0. The van der Waals surface area contributed by atoms with Crippen molar-refractivity contribution >= 4 is 23.4 Å².